The van der Waals surface area contributed by atoms with Crippen molar-refractivity contribution in [2.24, 2.45) is 5.92 Å². The van der Waals surface area contributed by atoms with Crippen molar-refractivity contribution in [3.63, 3.8) is 0 Å². The number of halogens is 6. The van der Waals surface area contributed by atoms with Gasteiger partial charge in [-0.15, -0.1) is 0 Å². The smallest absolute Gasteiger partial charge is 0.326 e. The molecule has 156 valence electrons. The maximum Gasteiger partial charge on any atom is 0.417 e. The number of anilines is 1. The zero-order valence-corrected chi connectivity index (χ0v) is 17.5. The van der Waals surface area contributed by atoms with Crippen LogP contribution in [0.1, 0.15) is 24.0 Å². The largest absolute Gasteiger partial charge is 0.417 e. The lowest BCUT2D eigenvalue weighted by atomic mass is 9.96. The van der Waals surface area contributed by atoms with Gasteiger partial charge in [0, 0.05) is 28.8 Å². The molecule has 0 spiro atoms. The fraction of sp³-hybridized carbons (Fsp3) is 0.350. The van der Waals surface area contributed by atoms with Gasteiger partial charge < -0.3 is 5.32 Å². The van der Waals surface area contributed by atoms with Crippen LogP contribution in [0.5, 0.6) is 0 Å². The van der Waals surface area contributed by atoms with Crippen molar-refractivity contribution < 1.29 is 18.0 Å². The van der Waals surface area contributed by atoms with Crippen molar-refractivity contribution in [1.29, 1.82) is 0 Å². The van der Waals surface area contributed by atoms with Gasteiger partial charge in [-0.3, -0.25) is 9.69 Å². The number of carbonyl (C=O) groups excluding carboxylic acids is 1. The quantitative estimate of drug-likeness (QED) is 0.558. The van der Waals surface area contributed by atoms with Crippen LogP contribution in [0.4, 0.5) is 18.9 Å². The average molecular weight is 466 g/mol. The van der Waals surface area contributed by atoms with E-state index in [1.165, 1.54) is 6.07 Å². The standard InChI is InChI=1S/C20H18Cl3F3N2O/c21-14-4-3-12(18(23)8-14)10-28-7-1-2-13(11-28)19(29)27-15-5-6-17(22)16(9-15)20(24,25)26/h3-6,8-9,13H,1-2,7,10-11H2,(H,27,29). The van der Waals surface area contributed by atoms with Crippen molar-refractivity contribution in [2.45, 2.75) is 25.6 Å². The zero-order valence-electron chi connectivity index (χ0n) is 15.2. The lowest BCUT2D eigenvalue weighted by Gasteiger charge is -2.32. The number of amides is 1. The van der Waals surface area contributed by atoms with Gasteiger partial charge in [-0.2, -0.15) is 13.2 Å². The summed E-state index contributed by atoms with van der Waals surface area (Å²) in [6.45, 7) is 1.87. The molecule has 1 saturated heterocycles. The summed E-state index contributed by atoms with van der Waals surface area (Å²) in [7, 11) is 0. The molecule has 29 heavy (non-hydrogen) atoms. The van der Waals surface area contributed by atoms with Crippen LogP contribution in [0.3, 0.4) is 0 Å². The van der Waals surface area contributed by atoms with Gasteiger partial charge in [-0.1, -0.05) is 40.9 Å². The second-order valence-electron chi connectivity index (χ2n) is 6.99. The highest BCUT2D eigenvalue weighted by Gasteiger charge is 2.34. The summed E-state index contributed by atoms with van der Waals surface area (Å²) < 4.78 is 39.0. The second-order valence-corrected chi connectivity index (χ2v) is 8.24. The van der Waals surface area contributed by atoms with E-state index in [1.54, 1.807) is 12.1 Å². The molecule has 1 N–H and O–H groups in total. The highest BCUT2D eigenvalue weighted by molar-refractivity contribution is 6.35. The molecule has 1 aliphatic heterocycles. The first kappa shape index (κ1) is 22.2. The van der Waals surface area contributed by atoms with Crippen LogP contribution in [-0.2, 0) is 17.5 Å². The van der Waals surface area contributed by atoms with Crippen LogP contribution in [0.2, 0.25) is 15.1 Å². The van der Waals surface area contributed by atoms with E-state index in [-0.39, 0.29) is 17.5 Å². The van der Waals surface area contributed by atoms with E-state index < -0.39 is 16.8 Å². The van der Waals surface area contributed by atoms with E-state index in [0.717, 1.165) is 30.7 Å². The van der Waals surface area contributed by atoms with Crippen molar-refractivity contribution >= 4 is 46.4 Å². The van der Waals surface area contributed by atoms with Crippen LogP contribution in [-0.4, -0.2) is 23.9 Å². The number of hydrogen-bond acceptors (Lipinski definition) is 2. The van der Waals surface area contributed by atoms with E-state index >= 15 is 0 Å². The first-order valence-corrected chi connectivity index (χ1v) is 10.1. The fourth-order valence-electron chi connectivity index (χ4n) is 3.37. The van der Waals surface area contributed by atoms with E-state index in [9.17, 15) is 18.0 Å². The summed E-state index contributed by atoms with van der Waals surface area (Å²) in [6.07, 6.45) is -3.12. The Bertz CT molecular complexity index is 905. The van der Waals surface area contributed by atoms with Crippen molar-refractivity contribution in [1.82, 2.24) is 4.90 Å². The number of alkyl halides is 3. The Morgan fingerprint density at radius 1 is 1.10 bits per heavy atom. The van der Waals surface area contributed by atoms with Gasteiger partial charge in [-0.25, -0.2) is 0 Å². The maximum atomic E-state index is 13.0. The number of hydrogen-bond donors (Lipinski definition) is 1. The molecule has 0 saturated carbocycles. The molecule has 1 amide bonds. The number of rotatable bonds is 4. The van der Waals surface area contributed by atoms with E-state index in [4.69, 9.17) is 34.8 Å². The Morgan fingerprint density at radius 3 is 2.55 bits per heavy atom. The minimum absolute atomic E-state index is 0.0737. The summed E-state index contributed by atoms with van der Waals surface area (Å²) in [5.74, 6) is -0.646. The Balaban J connectivity index is 1.65. The van der Waals surface area contributed by atoms with E-state index in [1.807, 2.05) is 6.07 Å². The van der Waals surface area contributed by atoms with Crippen LogP contribution >= 0.6 is 34.8 Å². The summed E-state index contributed by atoms with van der Waals surface area (Å²) in [4.78, 5) is 14.7. The number of nitrogens with zero attached hydrogens (tertiary/aromatic N) is 1. The van der Waals surface area contributed by atoms with E-state index in [2.05, 4.69) is 10.2 Å². The number of nitrogens with one attached hydrogen (secondary N) is 1. The molecule has 0 bridgehead atoms. The predicted molar refractivity (Wildman–Crippen MR) is 110 cm³/mol. The molecule has 1 unspecified atom stereocenters. The molecule has 2 aromatic carbocycles. The van der Waals surface area contributed by atoms with Gasteiger partial charge in [0.1, 0.15) is 0 Å². The van der Waals surface area contributed by atoms with Gasteiger partial charge in [0.2, 0.25) is 5.91 Å². The minimum Gasteiger partial charge on any atom is -0.326 e. The molecule has 3 nitrogen and oxygen atoms in total. The third kappa shape index (κ3) is 5.79. The summed E-state index contributed by atoms with van der Waals surface area (Å²) in [6, 6.07) is 8.63. The topological polar surface area (TPSA) is 32.3 Å². The molecule has 9 heteroatoms. The SMILES string of the molecule is O=C(Nc1ccc(Cl)c(C(F)(F)F)c1)C1CCCN(Cc2ccc(Cl)cc2Cl)C1. The van der Waals surface area contributed by atoms with E-state index in [0.29, 0.717) is 29.6 Å². The van der Waals surface area contributed by atoms with Gasteiger partial charge in [0.25, 0.3) is 0 Å². The van der Waals surface area contributed by atoms with Crippen LogP contribution in [0.15, 0.2) is 36.4 Å². The van der Waals surface area contributed by atoms with Crippen molar-refractivity contribution in [2.75, 3.05) is 18.4 Å². The van der Waals surface area contributed by atoms with Crippen molar-refractivity contribution in [3.8, 4) is 0 Å². The minimum atomic E-state index is -4.59. The summed E-state index contributed by atoms with van der Waals surface area (Å²) in [5.41, 5.74) is 0.00820. The summed E-state index contributed by atoms with van der Waals surface area (Å²) >= 11 is 17.8. The highest BCUT2D eigenvalue weighted by Crippen LogP contribution is 2.36. The van der Waals surface area contributed by atoms with Gasteiger partial charge in [0.15, 0.2) is 0 Å². The van der Waals surface area contributed by atoms with Gasteiger partial charge in [0.05, 0.1) is 16.5 Å². The number of benzene rings is 2. The highest BCUT2D eigenvalue weighted by atomic mass is 35.5. The molecule has 1 atom stereocenters. The second kappa shape index (κ2) is 9.13. The Labute approximate surface area is 181 Å². The molecule has 0 radical (unpaired) electrons. The van der Waals surface area contributed by atoms with Crippen LogP contribution in [0, 0.1) is 5.92 Å². The molecule has 0 aromatic heterocycles. The van der Waals surface area contributed by atoms with Crippen LogP contribution < -0.4 is 5.32 Å². The molecular weight excluding hydrogens is 448 g/mol. The molecule has 1 fully saturated rings. The average Bonchev–Trinajstić information content (AvgIpc) is 2.65. The van der Waals surface area contributed by atoms with Crippen molar-refractivity contribution in [3.05, 3.63) is 62.6 Å². The third-order valence-electron chi connectivity index (χ3n) is 4.82. The fourth-order valence-corrected chi connectivity index (χ4v) is 4.06. The number of carbonyl (C=O) groups is 1. The molecule has 0 aliphatic carbocycles. The number of likely N-dealkylation sites (tertiary alicyclic amines) is 1. The first-order chi connectivity index (χ1) is 13.6. The Morgan fingerprint density at radius 2 is 1.86 bits per heavy atom. The monoisotopic (exact) mass is 464 g/mol. The third-order valence-corrected chi connectivity index (χ3v) is 5.74. The Kier molecular flexibility index (Phi) is 6.99. The first-order valence-electron chi connectivity index (χ1n) is 8.97. The summed E-state index contributed by atoms with van der Waals surface area (Å²) in [5, 5.41) is 3.30. The molecule has 1 heterocycles. The molecular formula is C20H18Cl3F3N2O. The predicted octanol–water partition coefficient (Wildman–Crippen LogP) is 6.52. The molecule has 1 aliphatic rings. The number of piperidine rings is 1. The van der Waals surface area contributed by atoms with Crippen LogP contribution in [0.25, 0.3) is 0 Å². The maximum absolute atomic E-state index is 13.0. The molecule has 3 rings (SSSR count). The zero-order chi connectivity index (χ0) is 21.2. The normalized spacial score (nSPS) is 17.9. The lowest BCUT2D eigenvalue weighted by molar-refractivity contribution is -0.137. The van der Waals surface area contributed by atoms with Gasteiger partial charge in [-0.05, 0) is 55.3 Å². The Hall–Kier alpha value is -1.47. The molecule has 2 aromatic rings. The lowest BCUT2D eigenvalue weighted by Crippen LogP contribution is -2.40. The van der Waals surface area contributed by atoms with Gasteiger partial charge >= 0.3 is 6.18 Å².